The fraction of sp³-hybridized carbons (Fsp3) is 0. The van der Waals surface area contributed by atoms with Gasteiger partial charge in [-0.1, -0.05) is 121 Å². The van der Waals surface area contributed by atoms with Crippen molar-refractivity contribution in [3.63, 3.8) is 0 Å². The highest BCUT2D eigenvalue weighted by Crippen LogP contribution is 2.43. The Morgan fingerprint density at radius 3 is 2.06 bits per heavy atom. The first-order valence-electron chi connectivity index (χ1n) is 20.4. The number of thiophene rings is 1. The molecule has 51 heavy (non-hydrogen) atoms. The van der Waals surface area contributed by atoms with Crippen LogP contribution in [-0.2, 0) is 0 Å². The van der Waals surface area contributed by atoms with E-state index >= 15 is 0 Å². The lowest BCUT2D eigenvalue weighted by Gasteiger charge is -2.14. The Labute approximate surface area is 308 Å². The van der Waals surface area contributed by atoms with E-state index in [1.165, 1.54) is 0 Å². The molecule has 0 aliphatic rings. The van der Waals surface area contributed by atoms with E-state index in [0.29, 0.717) is 11.3 Å². The number of para-hydroxylation sites is 3. The van der Waals surface area contributed by atoms with Gasteiger partial charge < -0.3 is 9.13 Å². The zero-order chi connectivity index (χ0) is 39.6. The van der Waals surface area contributed by atoms with Crippen LogP contribution in [0.2, 0.25) is 0 Å². The molecule has 8 aromatic carbocycles. The third kappa shape index (κ3) is 4.22. The average Bonchev–Trinajstić information content (AvgIpc) is 3.93. The third-order valence-corrected chi connectivity index (χ3v) is 11.1. The summed E-state index contributed by atoms with van der Waals surface area (Å²) in [7, 11) is 0. The van der Waals surface area contributed by atoms with Crippen molar-refractivity contribution in [3.8, 4) is 33.6 Å². The summed E-state index contributed by atoms with van der Waals surface area (Å²) in [5.74, 6) is 0. The van der Waals surface area contributed by atoms with Gasteiger partial charge in [-0.05, 0) is 77.3 Å². The first-order chi connectivity index (χ1) is 28.2. The first-order valence-corrected chi connectivity index (χ1v) is 17.7. The van der Waals surface area contributed by atoms with Gasteiger partial charge in [0.05, 0.1) is 43.0 Å². The molecule has 0 unspecified atom stereocenters. The van der Waals surface area contributed by atoms with Crippen molar-refractivity contribution in [2.75, 3.05) is 0 Å². The highest BCUT2D eigenvalue weighted by molar-refractivity contribution is 7.25. The van der Waals surface area contributed by atoms with Crippen LogP contribution in [0, 0.1) is 0 Å². The number of aromatic nitrogens is 2. The summed E-state index contributed by atoms with van der Waals surface area (Å²) in [5, 5.41) is 4.15. The van der Waals surface area contributed by atoms with Gasteiger partial charge in [-0.3, -0.25) is 0 Å². The second kappa shape index (κ2) is 11.0. The van der Waals surface area contributed by atoms with Gasteiger partial charge in [0.15, 0.2) is 0 Å². The first kappa shape index (κ1) is 22.3. The molecule has 238 valence electrons. The van der Waals surface area contributed by atoms with E-state index in [-0.39, 0.29) is 57.6 Å². The average molecular weight is 674 g/mol. The summed E-state index contributed by atoms with van der Waals surface area (Å²) in [6.45, 7) is 0. The van der Waals surface area contributed by atoms with Crippen LogP contribution in [0.1, 0.15) is 9.60 Å². The van der Waals surface area contributed by atoms with Gasteiger partial charge in [-0.25, -0.2) is 0 Å². The molecule has 0 aliphatic heterocycles. The predicted molar refractivity (Wildman–Crippen MR) is 219 cm³/mol. The van der Waals surface area contributed by atoms with E-state index in [1.807, 2.05) is 103 Å². The Kier molecular flexibility index (Phi) is 4.84. The van der Waals surface area contributed by atoms with Crippen molar-refractivity contribution in [2.24, 2.45) is 0 Å². The van der Waals surface area contributed by atoms with E-state index in [1.54, 1.807) is 15.9 Å². The van der Waals surface area contributed by atoms with Gasteiger partial charge in [0.1, 0.15) is 0 Å². The van der Waals surface area contributed by atoms with Crippen LogP contribution in [0.5, 0.6) is 0 Å². The summed E-state index contributed by atoms with van der Waals surface area (Å²) < 4.78 is 71.0. The SMILES string of the molecule is [2H]c1c([2H])c([2H])c2c(c1[2H])c1c([2H])c(-c3ccc4c(c3)c3ccccc3n4-c3ccccc3-c3ccccc3)c([2H])c([2H])c1n2-c1cccc2sc3ccccc3c12. The highest BCUT2D eigenvalue weighted by Gasteiger charge is 2.19. The molecule has 11 rings (SSSR count). The van der Waals surface area contributed by atoms with Gasteiger partial charge in [0.25, 0.3) is 0 Å². The summed E-state index contributed by atoms with van der Waals surface area (Å²) >= 11 is 1.62. The molecular weight excluding hydrogens is 637 g/mol. The van der Waals surface area contributed by atoms with Gasteiger partial charge in [0, 0.05) is 47.3 Å². The molecule has 3 heteroatoms. The summed E-state index contributed by atoms with van der Waals surface area (Å²) in [5.41, 5.74) is 6.95. The molecule has 0 atom stereocenters. The lowest BCUT2D eigenvalue weighted by Crippen LogP contribution is -1.97. The Balaban J connectivity index is 1.23. The van der Waals surface area contributed by atoms with Gasteiger partial charge in [-0.2, -0.15) is 0 Å². The normalized spacial score (nSPS) is 13.8. The molecule has 0 saturated heterocycles. The van der Waals surface area contributed by atoms with Crippen LogP contribution in [0.25, 0.3) is 97.4 Å². The van der Waals surface area contributed by atoms with Crippen LogP contribution < -0.4 is 0 Å². The van der Waals surface area contributed by atoms with Crippen molar-refractivity contribution in [3.05, 3.63) is 182 Å². The maximum Gasteiger partial charge on any atom is 0.0645 e. The van der Waals surface area contributed by atoms with E-state index in [2.05, 4.69) is 41.0 Å². The summed E-state index contributed by atoms with van der Waals surface area (Å²) in [6.07, 6.45) is 0. The molecule has 0 radical (unpaired) electrons. The monoisotopic (exact) mass is 673 g/mol. The number of hydrogen-bond acceptors (Lipinski definition) is 1. The van der Waals surface area contributed by atoms with E-state index in [9.17, 15) is 6.85 Å². The molecule has 3 heterocycles. The van der Waals surface area contributed by atoms with E-state index in [0.717, 1.165) is 58.8 Å². The molecule has 3 aromatic heterocycles. The van der Waals surface area contributed by atoms with Crippen molar-refractivity contribution in [1.82, 2.24) is 9.13 Å². The van der Waals surface area contributed by atoms with Crippen molar-refractivity contribution in [2.45, 2.75) is 0 Å². The third-order valence-electron chi connectivity index (χ3n) is 9.97. The fourth-order valence-corrected chi connectivity index (χ4v) is 8.89. The molecule has 0 bridgehead atoms. The Bertz CT molecular complexity index is 3550. The number of nitrogens with zero attached hydrogens (tertiary/aromatic N) is 2. The molecule has 0 aliphatic carbocycles. The second-order valence-electron chi connectivity index (χ2n) is 12.7. The molecule has 0 fully saturated rings. The number of rotatable bonds is 4. The highest BCUT2D eigenvalue weighted by atomic mass is 32.1. The fourth-order valence-electron chi connectivity index (χ4n) is 7.76. The molecule has 0 spiro atoms. The number of fused-ring (bicyclic) bond motifs is 9. The topological polar surface area (TPSA) is 9.86 Å². The Hall–Kier alpha value is -6.42. The maximum atomic E-state index is 9.89. The Morgan fingerprint density at radius 1 is 0.412 bits per heavy atom. The summed E-state index contributed by atoms with van der Waals surface area (Å²) in [6, 6.07) is 44.8. The predicted octanol–water partition coefficient (Wildman–Crippen LogP) is 13.6. The van der Waals surface area contributed by atoms with Crippen LogP contribution in [0.4, 0.5) is 0 Å². The van der Waals surface area contributed by atoms with E-state index in [4.69, 9.17) is 2.74 Å². The number of benzene rings is 8. The van der Waals surface area contributed by atoms with Crippen molar-refractivity contribution < 1.29 is 9.60 Å². The quantitative estimate of drug-likeness (QED) is 0.176. The molecule has 0 N–H and O–H groups in total. The standard InChI is InChI=1S/C48H30N2S/c1-2-13-31(14-3-1)34-15-4-8-19-40(34)49-41-20-9-5-16-35(41)38-29-32(25-27-43(38)49)33-26-28-44-39(30-33)36-17-6-10-21-42(36)50(44)45-22-12-24-47-48(45)37-18-7-11-23-46(37)51-47/h1-30H/i6D,10D,17D,21D,26D,28D,30D. The minimum Gasteiger partial charge on any atom is -0.309 e. The van der Waals surface area contributed by atoms with Crippen LogP contribution >= 0.6 is 11.3 Å². The van der Waals surface area contributed by atoms with Crippen molar-refractivity contribution in [1.29, 1.82) is 0 Å². The molecule has 0 amide bonds. The van der Waals surface area contributed by atoms with Gasteiger partial charge in [0.2, 0.25) is 0 Å². The number of hydrogen-bond donors (Lipinski definition) is 0. The van der Waals surface area contributed by atoms with Crippen molar-refractivity contribution >= 4 is 75.1 Å². The maximum absolute atomic E-state index is 9.89. The lowest BCUT2D eigenvalue weighted by molar-refractivity contribution is 1.18. The largest absolute Gasteiger partial charge is 0.309 e. The smallest absolute Gasteiger partial charge is 0.0645 e. The second-order valence-corrected chi connectivity index (χ2v) is 13.8. The molecular formula is C48H30N2S. The van der Waals surface area contributed by atoms with Crippen LogP contribution in [0.15, 0.2) is 182 Å². The van der Waals surface area contributed by atoms with E-state index < -0.39 is 12.1 Å². The lowest BCUT2D eigenvalue weighted by atomic mass is 10.0. The van der Waals surface area contributed by atoms with Gasteiger partial charge >= 0.3 is 0 Å². The zero-order valence-corrected chi connectivity index (χ0v) is 27.9. The van der Waals surface area contributed by atoms with Crippen LogP contribution in [-0.4, -0.2) is 9.13 Å². The molecule has 0 saturated carbocycles. The zero-order valence-electron chi connectivity index (χ0n) is 34.1. The molecule has 2 nitrogen and oxygen atoms in total. The minimum atomic E-state index is -0.414. The van der Waals surface area contributed by atoms with Crippen LogP contribution in [0.3, 0.4) is 0 Å². The molecule has 11 aromatic rings. The Morgan fingerprint density at radius 2 is 1.12 bits per heavy atom. The van der Waals surface area contributed by atoms with Gasteiger partial charge in [-0.15, -0.1) is 11.3 Å². The minimum absolute atomic E-state index is 0.0651. The summed E-state index contributed by atoms with van der Waals surface area (Å²) in [4.78, 5) is 0.